The Hall–Kier alpha value is -1.36. The molecule has 1 saturated carbocycles. The maximum absolute atomic E-state index is 12.2. The Balaban J connectivity index is 1.93. The molecule has 0 saturated heterocycles. The Kier molecular flexibility index (Phi) is 3.78. The van der Waals surface area contributed by atoms with Crippen molar-refractivity contribution in [1.82, 2.24) is 10.5 Å². The van der Waals surface area contributed by atoms with E-state index in [2.05, 4.69) is 10.5 Å². The molecule has 94 valence electrons. The minimum atomic E-state index is -0.359. The molecule has 1 aliphatic rings. The fraction of sp³-hybridized carbons (Fsp3) is 0.667. The third-order valence-corrected chi connectivity index (χ3v) is 3.60. The van der Waals surface area contributed by atoms with Crippen LogP contribution in [-0.2, 0) is 11.3 Å². The first-order chi connectivity index (χ1) is 8.27. The van der Waals surface area contributed by atoms with Crippen molar-refractivity contribution in [3.05, 3.63) is 18.0 Å². The summed E-state index contributed by atoms with van der Waals surface area (Å²) in [7, 11) is 0. The summed E-state index contributed by atoms with van der Waals surface area (Å²) in [4.78, 5) is 12.2. The van der Waals surface area contributed by atoms with E-state index in [4.69, 9.17) is 10.3 Å². The number of nitrogens with zero attached hydrogens (tertiary/aromatic N) is 1. The fourth-order valence-corrected chi connectivity index (χ4v) is 2.44. The fourth-order valence-electron chi connectivity index (χ4n) is 2.44. The Bertz CT molecular complexity index is 356. The van der Waals surface area contributed by atoms with Crippen molar-refractivity contribution in [2.24, 2.45) is 11.1 Å². The summed E-state index contributed by atoms with van der Waals surface area (Å²) in [6, 6.07) is 1.75. The van der Waals surface area contributed by atoms with Crippen LogP contribution in [0.5, 0.6) is 0 Å². The Morgan fingerprint density at radius 2 is 2.24 bits per heavy atom. The normalized spacial score (nSPS) is 18.9. The van der Waals surface area contributed by atoms with Gasteiger partial charge in [-0.1, -0.05) is 24.4 Å². The van der Waals surface area contributed by atoms with Gasteiger partial charge in [-0.15, -0.1) is 0 Å². The highest BCUT2D eigenvalue weighted by atomic mass is 16.5. The summed E-state index contributed by atoms with van der Waals surface area (Å²) in [5.41, 5.74) is 6.17. The average molecular weight is 237 g/mol. The monoisotopic (exact) mass is 237 g/mol. The van der Waals surface area contributed by atoms with Gasteiger partial charge in [0.25, 0.3) is 0 Å². The minimum Gasteiger partial charge on any atom is -0.364 e. The predicted octanol–water partition coefficient (Wildman–Crippen LogP) is 1.20. The van der Waals surface area contributed by atoms with E-state index in [0.717, 1.165) is 31.4 Å². The van der Waals surface area contributed by atoms with Gasteiger partial charge in [0.05, 0.1) is 12.0 Å². The molecule has 0 bridgehead atoms. The third-order valence-electron chi connectivity index (χ3n) is 3.60. The van der Waals surface area contributed by atoms with Gasteiger partial charge in [0, 0.05) is 12.6 Å². The lowest BCUT2D eigenvalue weighted by Crippen LogP contribution is -2.46. The van der Waals surface area contributed by atoms with Gasteiger partial charge in [0.15, 0.2) is 0 Å². The number of rotatable bonds is 4. The second kappa shape index (κ2) is 5.31. The second-order valence-electron chi connectivity index (χ2n) is 4.72. The van der Waals surface area contributed by atoms with Gasteiger partial charge in [0.1, 0.15) is 12.0 Å². The first-order valence-electron chi connectivity index (χ1n) is 6.14. The topological polar surface area (TPSA) is 81.2 Å². The van der Waals surface area contributed by atoms with Crippen molar-refractivity contribution in [3.8, 4) is 0 Å². The molecule has 1 aromatic heterocycles. The lowest BCUT2D eigenvalue weighted by atomic mass is 9.73. The molecule has 1 aliphatic carbocycles. The molecule has 3 N–H and O–H groups in total. The summed E-state index contributed by atoms with van der Waals surface area (Å²) < 4.78 is 4.72. The second-order valence-corrected chi connectivity index (χ2v) is 4.72. The largest absolute Gasteiger partial charge is 0.364 e. The van der Waals surface area contributed by atoms with Crippen LogP contribution in [0.25, 0.3) is 0 Å². The van der Waals surface area contributed by atoms with Crippen LogP contribution >= 0.6 is 0 Å². The molecule has 0 aliphatic heterocycles. The van der Waals surface area contributed by atoms with Gasteiger partial charge < -0.3 is 15.6 Å². The summed E-state index contributed by atoms with van der Waals surface area (Å²) in [5.74, 6) is 0.0581. The van der Waals surface area contributed by atoms with E-state index in [1.165, 1.54) is 12.7 Å². The zero-order valence-electron chi connectivity index (χ0n) is 9.95. The van der Waals surface area contributed by atoms with E-state index < -0.39 is 0 Å². The number of hydrogen-bond acceptors (Lipinski definition) is 4. The van der Waals surface area contributed by atoms with Crippen LogP contribution in [0.15, 0.2) is 16.9 Å². The van der Waals surface area contributed by atoms with Crippen molar-refractivity contribution >= 4 is 5.91 Å². The van der Waals surface area contributed by atoms with E-state index in [-0.39, 0.29) is 11.3 Å². The van der Waals surface area contributed by atoms with Crippen LogP contribution in [0.4, 0.5) is 0 Å². The van der Waals surface area contributed by atoms with Crippen LogP contribution in [0.2, 0.25) is 0 Å². The number of aromatic nitrogens is 1. The number of nitrogens with two attached hydrogens (primary N) is 1. The van der Waals surface area contributed by atoms with E-state index in [0.29, 0.717) is 13.1 Å². The summed E-state index contributed by atoms with van der Waals surface area (Å²) in [5, 5.41) is 6.67. The predicted molar refractivity (Wildman–Crippen MR) is 62.9 cm³/mol. The molecule has 1 amide bonds. The standard InChI is InChI=1S/C12H19N3O2/c13-9-12(5-2-1-3-6-12)11(16)14-8-10-4-7-17-15-10/h4,7H,1-3,5-6,8-9,13H2,(H,14,16). The molecular formula is C12H19N3O2. The van der Waals surface area contributed by atoms with Gasteiger partial charge in [0.2, 0.25) is 5.91 Å². The quantitative estimate of drug-likeness (QED) is 0.824. The molecule has 17 heavy (non-hydrogen) atoms. The maximum atomic E-state index is 12.2. The van der Waals surface area contributed by atoms with Crippen LogP contribution < -0.4 is 11.1 Å². The lowest BCUT2D eigenvalue weighted by Gasteiger charge is -2.34. The SMILES string of the molecule is NCC1(C(=O)NCc2ccon2)CCCCC1. The molecule has 2 rings (SSSR count). The molecule has 1 fully saturated rings. The van der Waals surface area contributed by atoms with Gasteiger partial charge in [-0.05, 0) is 12.8 Å². The molecule has 5 nitrogen and oxygen atoms in total. The van der Waals surface area contributed by atoms with Crippen molar-refractivity contribution in [2.45, 2.75) is 38.6 Å². The molecule has 1 aromatic rings. The smallest absolute Gasteiger partial charge is 0.227 e. The number of carbonyl (C=O) groups excluding carboxylic acids is 1. The zero-order chi connectivity index (χ0) is 12.1. The Morgan fingerprint density at radius 1 is 1.47 bits per heavy atom. The lowest BCUT2D eigenvalue weighted by molar-refractivity contribution is -0.132. The number of carbonyl (C=O) groups is 1. The number of amides is 1. The molecular weight excluding hydrogens is 218 g/mol. The molecule has 1 heterocycles. The van der Waals surface area contributed by atoms with Gasteiger partial charge in [-0.25, -0.2) is 0 Å². The summed E-state index contributed by atoms with van der Waals surface area (Å²) in [6.45, 7) is 0.842. The number of nitrogens with one attached hydrogen (secondary N) is 1. The highest BCUT2D eigenvalue weighted by Crippen LogP contribution is 2.35. The summed E-state index contributed by atoms with van der Waals surface area (Å²) in [6.07, 6.45) is 6.69. The molecule has 0 radical (unpaired) electrons. The zero-order valence-corrected chi connectivity index (χ0v) is 9.95. The van der Waals surface area contributed by atoms with Crippen LogP contribution in [-0.4, -0.2) is 17.6 Å². The first kappa shape index (κ1) is 12.1. The van der Waals surface area contributed by atoms with Crippen molar-refractivity contribution < 1.29 is 9.32 Å². The van der Waals surface area contributed by atoms with Crippen molar-refractivity contribution in [3.63, 3.8) is 0 Å². The summed E-state index contributed by atoms with van der Waals surface area (Å²) >= 11 is 0. The molecule has 0 unspecified atom stereocenters. The van der Waals surface area contributed by atoms with Gasteiger partial charge in [-0.2, -0.15) is 0 Å². The highest BCUT2D eigenvalue weighted by Gasteiger charge is 2.37. The molecule has 0 atom stereocenters. The minimum absolute atomic E-state index is 0.0581. The van der Waals surface area contributed by atoms with Crippen LogP contribution in [0.1, 0.15) is 37.8 Å². The van der Waals surface area contributed by atoms with E-state index in [9.17, 15) is 4.79 Å². The van der Waals surface area contributed by atoms with Gasteiger partial charge >= 0.3 is 0 Å². The van der Waals surface area contributed by atoms with E-state index in [1.54, 1.807) is 6.07 Å². The third kappa shape index (κ3) is 2.66. The Labute approximate surface area is 101 Å². The van der Waals surface area contributed by atoms with Crippen molar-refractivity contribution in [2.75, 3.05) is 6.54 Å². The van der Waals surface area contributed by atoms with Gasteiger partial charge in [-0.3, -0.25) is 4.79 Å². The highest BCUT2D eigenvalue weighted by molar-refractivity contribution is 5.82. The Morgan fingerprint density at radius 3 is 2.82 bits per heavy atom. The van der Waals surface area contributed by atoms with Crippen LogP contribution in [0.3, 0.4) is 0 Å². The number of hydrogen-bond donors (Lipinski definition) is 2. The van der Waals surface area contributed by atoms with Crippen LogP contribution in [0, 0.1) is 5.41 Å². The van der Waals surface area contributed by atoms with E-state index in [1.807, 2.05) is 0 Å². The first-order valence-corrected chi connectivity index (χ1v) is 6.14. The maximum Gasteiger partial charge on any atom is 0.227 e. The molecule has 0 spiro atoms. The van der Waals surface area contributed by atoms with Crippen molar-refractivity contribution in [1.29, 1.82) is 0 Å². The van der Waals surface area contributed by atoms with E-state index >= 15 is 0 Å². The molecule has 5 heteroatoms. The molecule has 0 aromatic carbocycles. The average Bonchev–Trinajstić information content (AvgIpc) is 2.90.